The maximum absolute atomic E-state index is 13.0. The summed E-state index contributed by atoms with van der Waals surface area (Å²) in [4.78, 5) is 25.9. The van der Waals surface area contributed by atoms with E-state index in [1.807, 2.05) is 73.1 Å². The van der Waals surface area contributed by atoms with E-state index in [1.165, 1.54) is 11.0 Å². The van der Waals surface area contributed by atoms with E-state index in [2.05, 4.69) is 31.1 Å². The van der Waals surface area contributed by atoms with Crippen LogP contribution in [0.2, 0.25) is 0 Å². The Bertz CT molecular complexity index is 1910. The maximum atomic E-state index is 13.0. The third kappa shape index (κ3) is 5.20. The van der Waals surface area contributed by atoms with Crippen molar-refractivity contribution >= 4 is 39.6 Å². The van der Waals surface area contributed by atoms with Crippen molar-refractivity contribution in [2.45, 2.75) is 12.8 Å². The highest BCUT2D eigenvalue weighted by Gasteiger charge is 2.20. The molecule has 1 unspecified atom stereocenters. The number of aromatic amines is 1. The van der Waals surface area contributed by atoms with Gasteiger partial charge in [-0.05, 0) is 65.9 Å². The van der Waals surface area contributed by atoms with Gasteiger partial charge in [-0.25, -0.2) is 9.97 Å². The zero-order chi connectivity index (χ0) is 29.2. The number of rotatable bonds is 9. The Hall–Kier alpha value is -5.79. The predicted molar refractivity (Wildman–Crippen MR) is 157 cm³/mol. The summed E-state index contributed by atoms with van der Waals surface area (Å²) in [5, 5.41) is 24.4. The first kappa shape index (κ1) is 26.4. The van der Waals surface area contributed by atoms with Gasteiger partial charge < -0.3 is 30.7 Å². The van der Waals surface area contributed by atoms with Crippen LogP contribution in [0.1, 0.15) is 34.8 Å². The molecule has 0 saturated heterocycles. The normalized spacial score (nSPS) is 12.0. The van der Waals surface area contributed by atoms with Gasteiger partial charge in [-0.15, -0.1) is 5.10 Å². The van der Waals surface area contributed by atoms with Crippen LogP contribution in [0.4, 0.5) is 5.69 Å². The quantitative estimate of drug-likeness (QED) is 0.0998. The van der Waals surface area contributed by atoms with E-state index in [0.717, 1.165) is 33.7 Å². The van der Waals surface area contributed by atoms with Crippen molar-refractivity contribution in [3.05, 3.63) is 84.2 Å². The molecule has 0 aliphatic heterocycles. The number of aromatic nitrogens is 8. The van der Waals surface area contributed by atoms with Crippen LogP contribution in [0.25, 0.3) is 27.8 Å². The van der Waals surface area contributed by atoms with Crippen molar-refractivity contribution in [3.63, 3.8) is 0 Å². The number of imidazole rings is 2. The highest BCUT2D eigenvalue weighted by Crippen LogP contribution is 2.28. The Morgan fingerprint density at radius 3 is 2.79 bits per heavy atom. The number of hydrogen-bond acceptors (Lipinski definition) is 8. The smallest absolute Gasteiger partial charge is 0.251 e. The zero-order valence-electron chi connectivity index (χ0n) is 22.9. The molecule has 0 radical (unpaired) electrons. The molecule has 0 saturated carbocycles. The molecule has 6 N–H and O–H groups in total. The molecule has 1 amide bonds. The molecular weight excluding hydrogens is 536 g/mol. The fourth-order valence-electron chi connectivity index (χ4n) is 4.79. The number of aryl methyl sites for hydroxylation is 1. The molecule has 0 aliphatic carbocycles. The summed E-state index contributed by atoms with van der Waals surface area (Å²) in [7, 11) is 1.93. The van der Waals surface area contributed by atoms with Gasteiger partial charge in [0.25, 0.3) is 5.91 Å². The molecule has 0 spiro atoms. The third-order valence-corrected chi connectivity index (χ3v) is 6.86. The first-order valence-corrected chi connectivity index (χ1v) is 13.2. The number of hydrogen-bond donors (Lipinski definition) is 5. The van der Waals surface area contributed by atoms with Crippen LogP contribution in [-0.2, 0) is 7.05 Å². The second-order valence-electron chi connectivity index (χ2n) is 9.67. The minimum absolute atomic E-state index is 0.136. The van der Waals surface area contributed by atoms with Crippen molar-refractivity contribution in [1.29, 1.82) is 5.41 Å². The molecule has 212 valence electrons. The topological polar surface area (TPSA) is 190 Å². The number of carbonyl (C=O) groups excluding carboxylic acids is 1. The molecule has 14 heteroatoms. The Morgan fingerprint density at radius 2 is 1.98 bits per heavy atom. The summed E-state index contributed by atoms with van der Waals surface area (Å²) in [5.41, 5.74) is 10.6. The molecule has 3 aromatic heterocycles. The number of nitrogens with two attached hydrogens (primary N) is 1. The number of guanidine groups is 1. The highest BCUT2D eigenvalue weighted by atomic mass is 16.5. The maximum Gasteiger partial charge on any atom is 0.251 e. The van der Waals surface area contributed by atoms with E-state index >= 15 is 0 Å². The minimum Gasteiger partial charge on any atom is -0.489 e. The Labute approximate surface area is 239 Å². The number of benzene rings is 3. The second-order valence-corrected chi connectivity index (χ2v) is 9.67. The van der Waals surface area contributed by atoms with Crippen molar-refractivity contribution in [1.82, 2.24) is 45.0 Å². The lowest BCUT2D eigenvalue weighted by Gasteiger charge is -2.11. The van der Waals surface area contributed by atoms with Gasteiger partial charge in [0.1, 0.15) is 36.0 Å². The number of tetrazole rings is 1. The fraction of sp³-hybridized carbons (Fsp3) is 0.179. The number of anilines is 1. The molecule has 3 aromatic carbocycles. The first-order valence-electron chi connectivity index (χ1n) is 13.2. The van der Waals surface area contributed by atoms with Gasteiger partial charge in [-0.2, -0.15) is 4.68 Å². The summed E-state index contributed by atoms with van der Waals surface area (Å²) in [6, 6.07) is 18.4. The lowest BCUT2D eigenvalue weighted by atomic mass is 10.1. The number of nitrogens with zero attached hydrogens (tertiary/aromatic N) is 7. The van der Waals surface area contributed by atoms with Gasteiger partial charge >= 0.3 is 0 Å². The zero-order valence-corrected chi connectivity index (χ0v) is 22.9. The minimum atomic E-state index is -0.211. The van der Waals surface area contributed by atoms with Crippen molar-refractivity contribution < 1.29 is 9.53 Å². The predicted octanol–water partition coefficient (Wildman–Crippen LogP) is 2.69. The number of nitrogens with one attached hydrogen (secondary N) is 4. The van der Waals surface area contributed by atoms with Gasteiger partial charge in [0.2, 0.25) is 0 Å². The van der Waals surface area contributed by atoms with E-state index < -0.39 is 0 Å². The first-order chi connectivity index (χ1) is 20.4. The SMILES string of the molecule is CC(c1nc2cc(NC(=N)N)ccc2[nH]1)c1nc2ccc(C(=O)NCCOc3ccccc3-n3cnnn3)cc2n1C. The summed E-state index contributed by atoms with van der Waals surface area (Å²) < 4.78 is 9.38. The van der Waals surface area contributed by atoms with Crippen LogP contribution in [0.3, 0.4) is 0 Å². The molecule has 6 aromatic rings. The molecule has 1 atom stereocenters. The molecular formula is C28H28N12O2. The molecule has 0 aliphatic rings. The van der Waals surface area contributed by atoms with Crippen molar-refractivity contribution in [2.75, 3.05) is 18.5 Å². The Kier molecular flexibility index (Phi) is 6.92. The highest BCUT2D eigenvalue weighted by molar-refractivity contribution is 5.97. The number of para-hydroxylation sites is 2. The van der Waals surface area contributed by atoms with E-state index in [1.54, 1.807) is 6.07 Å². The van der Waals surface area contributed by atoms with Crippen LogP contribution < -0.4 is 21.1 Å². The van der Waals surface area contributed by atoms with Crippen LogP contribution in [0.15, 0.2) is 67.0 Å². The van der Waals surface area contributed by atoms with E-state index in [-0.39, 0.29) is 24.4 Å². The van der Waals surface area contributed by atoms with Gasteiger partial charge in [-0.3, -0.25) is 10.2 Å². The largest absolute Gasteiger partial charge is 0.489 e. The molecule has 14 nitrogen and oxygen atoms in total. The molecule has 6 rings (SSSR count). The average molecular weight is 565 g/mol. The number of carbonyl (C=O) groups is 1. The summed E-state index contributed by atoms with van der Waals surface area (Å²) in [6.45, 7) is 2.60. The lowest BCUT2D eigenvalue weighted by Crippen LogP contribution is -2.28. The summed E-state index contributed by atoms with van der Waals surface area (Å²) in [6.07, 6.45) is 1.49. The monoisotopic (exact) mass is 564 g/mol. The van der Waals surface area contributed by atoms with Crippen LogP contribution >= 0.6 is 0 Å². The van der Waals surface area contributed by atoms with Crippen molar-refractivity contribution in [3.8, 4) is 11.4 Å². The Morgan fingerprint density at radius 1 is 1.12 bits per heavy atom. The summed E-state index contributed by atoms with van der Waals surface area (Å²) >= 11 is 0. The number of ether oxygens (including phenoxy) is 1. The molecule has 0 fully saturated rings. The molecule has 42 heavy (non-hydrogen) atoms. The molecule has 3 heterocycles. The van der Waals surface area contributed by atoms with Gasteiger partial charge in [0, 0.05) is 18.3 Å². The number of amides is 1. The Balaban J connectivity index is 1.13. The van der Waals surface area contributed by atoms with E-state index in [0.29, 0.717) is 29.2 Å². The van der Waals surface area contributed by atoms with Crippen LogP contribution in [0.5, 0.6) is 5.75 Å². The van der Waals surface area contributed by atoms with Crippen LogP contribution in [0, 0.1) is 5.41 Å². The number of H-pyrrole nitrogens is 1. The van der Waals surface area contributed by atoms with Gasteiger partial charge in [0.15, 0.2) is 5.96 Å². The third-order valence-electron chi connectivity index (χ3n) is 6.86. The molecule has 0 bridgehead atoms. The van der Waals surface area contributed by atoms with Gasteiger partial charge in [0.05, 0.1) is 34.5 Å². The number of fused-ring (bicyclic) bond motifs is 2. The van der Waals surface area contributed by atoms with E-state index in [4.69, 9.17) is 25.8 Å². The van der Waals surface area contributed by atoms with E-state index in [9.17, 15) is 4.79 Å². The fourth-order valence-corrected chi connectivity index (χ4v) is 4.79. The second kappa shape index (κ2) is 11.0. The standard InChI is InChI=1S/C28H28N12O2/c1-16(25-34-19-10-8-18(33-28(29)30)14-21(19)35-25)26-36-20-9-7-17(13-23(20)39(26)2)27(41)31-11-12-42-24-6-4-3-5-22(24)40-15-32-37-38-40/h3-10,13-16H,11-12H2,1-2H3,(H,31,41)(H,34,35)(H4,29,30,33). The summed E-state index contributed by atoms with van der Waals surface area (Å²) in [5.74, 6) is 1.67. The average Bonchev–Trinajstić information content (AvgIpc) is 3.74. The van der Waals surface area contributed by atoms with Gasteiger partial charge in [-0.1, -0.05) is 12.1 Å². The van der Waals surface area contributed by atoms with Crippen LogP contribution in [-0.4, -0.2) is 64.7 Å². The lowest BCUT2D eigenvalue weighted by molar-refractivity contribution is 0.0947. The van der Waals surface area contributed by atoms with Crippen molar-refractivity contribution in [2.24, 2.45) is 12.8 Å².